The van der Waals surface area contributed by atoms with Gasteiger partial charge in [0.05, 0.1) is 18.0 Å². The maximum atomic E-state index is 13.5. The number of rotatable bonds is 7. The van der Waals surface area contributed by atoms with E-state index in [9.17, 15) is 9.59 Å². The number of esters is 1. The zero-order valence-electron chi connectivity index (χ0n) is 23.2. The number of imidazole rings is 1. The molecule has 0 saturated heterocycles. The van der Waals surface area contributed by atoms with E-state index < -0.39 is 11.9 Å². The predicted molar refractivity (Wildman–Crippen MR) is 165 cm³/mol. The number of aromatic amines is 1. The number of hydrogen-bond acceptors (Lipinski definition) is 6. The second-order valence-corrected chi connectivity index (χ2v) is 10.5. The zero-order valence-corrected chi connectivity index (χ0v) is 24.0. The molecule has 0 radical (unpaired) electrons. The molecule has 0 fully saturated rings. The molecule has 214 valence electrons. The topological polar surface area (TPSA) is 132 Å². The van der Waals surface area contributed by atoms with E-state index in [1.807, 2.05) is 72.2 Å². The molecule has 9 nitrogen and oxygen atoms in total. The van der Waals surface area contributed by atoms with Crippen LogP contribution in [0.2, 0.25) is 0 Å². The summed E-state index contributed by atoms with van der Waals surface area (Å²) in [7, 11) is 0. The van der Waals surface area contributed by atoms with Crippen molar-refractivity contribution in [2.75, 3.05) is 6.61 Å². The molecule has 0 aliphatic heterocycles. The van der Waals surface area contributed by atoms with Gasteiger partial charge in [0.1, 0.15) is 0 Å². The minimum absolute atomic E-state index is 0.139. The fraction of sp³-hybridized carbons (Fsp3) is 0.156. The molecule has 4 N–H and O–H groups in total. The number of carbonyl (C=O) groups excluding carboxylic acids is 1. The standard InChI is InChI=1S/C30H26N4O3S.C2H4O2/c1-2-37-29(35)27-28(34(30(36)32-27)25-18-38-26-13-6-4-11-22(25)26)23-17-33(24-12-5-3-10-21(23)24)16-20-9-7-8-19(14-20)15-31;1-2(3)4/h3-14,17-18H,2,15-16,31H2,1H3,(H,32,36);1H3,(H,3,4). The highest BCUT2D eigenvalue weighted by Crippen LogP contribution is 2.37. The van der Waals surface area contributed by atoms with E-state index in [0.29, 0.717) is 18.8 Å². The Kier molecular flexibility index (Phi) is 8.37. The molecular weight excluding hydrogens is 552 g/mol. The van der Waals surface area contributed by atoms with E-state index >= 15 is 0 Å². The molecule has 42 heavy (non-hydrogen) atoms. The van der Waals surface area contributed by atoms with Crippen molar-refractivity contribution in [3.8, 4) is 16.9 Å². The van der Waals surface area contributed by atoms with Crippen molar-refractivity contribution in [3.05, 3.63) is 112 Å². The van der Waals surface area contributed by atoms with Crippen LogP contribution in [0.25, 0.3) is 37.9 Å². The number of benzene rings is 3. The summed E-state index contributed by atoms with van der Waals surface area (Å²) >= 11 is 1.56. The quantitative estimate of drug-likeness (QED) is 0.205. The number of thiophene rings is 1. The first-order chi connectivity index (χ1) is 20.3. The predicted octanol–water partition coefficient (Wildman–Crippen LogP) is 5.78. The summed E-state index contributed by atoms with van der Waals surface area (Å²) in [6, 6.07) is 24.1. The van der Waals surface area contributed by atoms with Gasteiger partial charge >= 0.3 is 11.7 Å². The molecular formula is C32H30N4O5S. The van der Waals surface area contributed by atoms with E-state index in [4.69, 9.17) is 20.4 Å². The average Bonchev–Trinajstić information content (AvgIpc) is 3.66. The number of carbonyl (C=O) groups is 2. The minimum atomic E-state index is -0.833. The van der Waals surface area contributed by atoms with Crippen molar-refractivity contribution in [2.24, 2.45) is 5.73 Å². The van der Waals surface area contributed by atoms with Gasteiger partial charge in [-0.15, -0.1) is 11.3 Å². The van der Waals surface area contributed by atoms with E-state index in [1.165, 1.54) is 0 Å². The molecule has 0 saturated carbocycles. The number of aromatic nitrogens is 3. The number of hydrogen-bond donors (Lipinski definition) is 3. The lowest BCUT2D eigenvalue weighted by Gasteiger charge is -2.09. The molecule has 0 unspecified atom stereocenters. The lowest BCUT2D eigenvalue weighted by molar-refractivity contribution is -0.134. The Balaban J connectivity index is 0.000000830. The number of para-hydroxylation sites is 1. The molecule has 6 aromatic rings. The van der Waals surface area contributed by atoms with Gasteiger partial charge in [-0.1, -0.05) is 60.7 Å². The van der Waals surface area contributed by atoms with Crippen molar-refractivity contribution >= 4 is 44.3 Å². The van der Waals surface area contributed by atoms with Crippen molar-refractivity contribution < 1.29 is 19.4 Å². The van der Waals surface area contributed by atoms with Crippen molar-refractivity contribution in [1.29, 1.82) is 0 Å². The Morgan fingerprint density at radius 1 is 1.00 bits per heavy atom. The summed E-state index contributed by atoms with van der Waals surface area (Å²) < 4.78 is 10.2. The van der Waals surface area contributed by atoms with Crippen LogP contribution < -0.4 is 11.4 Å². The van der Waals surface area contributed by atoms with Gasteiger partial charge in [0, 0.05) is 58.1 Å². The highest BCUT2D eigenvalue weighted by atomic mass is 32.1. The third kappa shape index (κ3) is 5.63. The molecule has 0 aliphatic carbocycles. The number of nitrogens with one attached hydrogen (secondary N) is 1. The van der Waals surface area contributed by atoms with Crippen LogP contribution in [0.4, 0.5) is 0 Å². The normalized spacial score (nSPS) is 10.9. The highest BCUT2D eigenvalue weighted by Gasteiger charge is 2.27. The fourth-order valence-corrected chi connectivity index (χ4v) is 5.95. The number of nitrogens with zero attached hydrogens (tertiary/aromatic N) is 2. The lowest BCUT2D eigenvalue weighted by Crippen LogP contribution is -2.15. The third-order valence-electron chi connectivity index (χ3n) is 6.70. The Morgan fingerprint density at radius 3 is 2.43 bits per heavy atom. The fourth-order valence-electron chi connectivity index (χ4n) is 5.03. The summed E-state index contributed by atoms with van der Waals surface area (Å²) in [6.07, 6.45) is 2.01. The lowest BCUT2D eigenvalue weighted by atomic mass is 10.1. The molecule has 6 rings (SSSR count). The molecule has 0 atom stereocenters. The third-order valence-corrected chi connectivity index (χ3v) is 7.65. The summed E-state index contributed by atoms with van der Waals surface area (Å²) in [4.78, 5) is 38.4. The summed E-state index contributed by atoms with van der Waals surface area (Å²) in [5.74, 6) is -1.40. The van der Waals surface area contributed by atoms with Gasteiger partial charge < -0.3 is 20.1 Å². The maximum absolute atomic E-state index is 13.5. The molecule has 3 aromatic carbocycles. The first-order valence-corrected chi connectivity index (χ1v) is 14.2. The number of aliphatic carboxylic acids is 1. The molecule has 3 heterocycles. The number of carboxylic acids is 1. The van der Waals surface area contributed by atoms with Crippen LogP contribution in [-0.2, 0) is 22.6 Å². The highest BCUT2D eigenvalue weighted by molar-refractivity contribution is 7.17. The molecule has 0 bridgehead atoms. The summed E-state index contributed by atoms with van der Waals surface area (Å²) in [5, 5.41) is 11.2. The number of carboxylic acid groups (broad SMARTS) is 1. The average molecular weight is 583 g/mol. The van der Waals surface area contributed by atoms with Crippen molar-refractivity contribution in [1.82, 2.24) is 14.1 Å². The van der Waals surface area contributed by atoms with E-state index in [1.54, 1.807) is 22.8 Å². The number of nitrogens with two attached hydrogens (primary N) is 1. The van der Waals surface area contributed by atoms with Gasteiger partial charge in [-0.2, -0.15) is 0 Å². The van der Waals surface area contributed by atoms with Gasteiger partial charge in [-0.3, -0.25) is 14.3 Å². The molecule has 3 aromatic heterocycles. The van der Waals surface area contributed by atoms with Gasteiger partial charge in [-0.05, 0) is 30.2 Å². The Labute approximate surface area is 245 Å². The molecule has 0 amide bonds. The number of fused-ring (bicyclic) bond motifs is 2. The van der Waals surface area contributed by atoms with Crippen molar-refractivity contribution in [3.63, 3.8) is 0 Å². The van der Waals surface area contributed by atoms with E-state index in [-0.39, 0.29) is 18.0 Å². The first kappa shape index (κ1) is 28.6. The van der Waals surface area contributed by atoms with Crippen LogP contribution in [-0.4, -0.2) is 37.8 Å². The van der Waals surface area contributed by atoms with E-state index in [2.05, 4.69) is 21.7 Å². The second kappa shape index (κ2) is 12.3. The van der Waals surface area contributed by atoms with Gasteiger partial charge in [0.2, 0.25) is 0 Å². The Bertz CT molecular complexity index is 1960. The van der Waals surface area contributed by atoms with Crippen LogP contribution >= 0.6 is 11.3 Å². The maximum Gasteiger partial charge on any atom is 0.357 e. The van der Waals surface area contributed by atoms with Gasteiger partial charge in [0.25, 0.3) is 5.97 Å². The Hall–Kier alpha value is -4.93. The first-order valence-electron chi connectivity index (χ1n) is 13.4. The largest absolute Gasteiger partial charge is 0.481 e. The van der Waals surface area contributed by atoms with Crippen molar-refractivity contribution in [2.45, 2.75) is 26.9 Å². The SMILES string of the molecule is CC(=O)O.CCOC(=O)c1[nH]c(=O)n(-c2csc3ccccc23)c1-c1cn(Cc2cccc(CN)c2)c2ccccc12. The van der Waals surface area contributed by atoms with Crippen LogP contribution in [0.1, 0.15) is 35.5 Å². The zero-order chi connectivity index (χ0) is 29.8. The van der Waals surface area contributed by atoms with E-state index in [0.717, 1.165) is 50.3 Å². The summed E-state index contributed by atoms with van der Waals surface area (Å²) in [5.41, 5.74) is 10.8. The Morgan fingerprint density at radius 2 is 1.69 bits per heavy atom. The second-order valence-electron chi connectivity index (χ2n) is 9.56. The number of ether oxygens (including phenoxy) is 1. The monoisotopic (exact) mass is 582 g/mol. The van der Waals surface area contributed by atoms with Crippen LogP contribution in [0.3, 0.4) is 0 Å². The smallest absolute Gasteiger partial charge is 0.357 e. The van der Waals surface area contributed by atoms with Crippen LogP contribution in [0.15, 0.2) is 89.2 Å². The van der Waals surface area contributed by atoms with Gasteiger partial charge in [0.15, 0.2) is 5.69 Å². The number of H-pyrrole nitrogens is 1. The van der Waals surface area contributed by atoms with Gasteiger partial charge in [-0.25, -0.2) is 9.59 Å². The molecule has 10 heteroatoms. The molecule has 0 spiro atoms. The van der Waals surface area contributed by atoms with Crippen LogP contribution in [0, 0.1) is 0 Å². The van der Waals surface area contributed by atoms with Crippen LogP contribution in [0.5, 0.6) is 0 Å². The minimum Gasteiger partial charge on any atom is -0.481 e. The molecule has 0 aliphatic rings. The summed E-state index contributed by atoms with van der Waals surface area (Å²) in [6.45, 7) is 4.12.